The lowest BCUT2D eigenvalue weighted by Gasteiger charge is -2.05. The van der Waals surface area contributed by atoms with Crippen molar-refractivity contribution in [1.29, 1.82) is 0 Å². The van der Waals surface area contributed by atoms with Gasteiger partial charge in [-0.05, 0) is 12.1 Å². The molecule has 18 heavy (non-hydrogen) atoms. The van der Waals surface area contributed by atoms with E-state index in [0.29, 0.717) is 17.1 Å². The summed E-state index contributed by atoms with van der Waals surface area (Å²) in [5.41, 5.74) is 6.63. The summed E-state index contributed by atoms with van der Waals surface area (Å²) < 4.78 is 5.39. The first-order valence-electron chi connectivity index (χ1n) is 5.77. The van der Waals surface area contributed by atoms with Gasteiger partial charge >= 0.3 is 0 Å². The number of carbonyl (C=O) groups excluding carboxylic acids is 1. The molecule has 0 fully saturated rings. The number of nitrogens with one attached hydrogen (secondary N) is 1. The standard InChI is InChI=1S/C13H15N3O2/c1-2-9-7-15-12(18-9)8-16-13(17)10-5-3-4-6-11(10)14/h3-7H,2,8,14H2,1H3,(H,16,17). The molecular weight excluding hydrogens is 230 g/mol. The van der Waals surface area contributed by atoms with Crippen molar-refractivity contribution in [2.24, 2.45) is 0 Å². The average Bonchev–Trinajstić information content (AvgIpc) is 2.84. The number of hydrogen-bond acceptors (Lipinski definition) is 4. The van der Waals surface area contributed by atoms with Gasteiger partial charge in [0, 0.05) is 12.1 Å². The van der Waals surface area contributed by atoms with Gasteiger partial charge in [0.05, 0.1) is 18.3 Å². The second-order valence-electron chi connectivity index (χ2n) is 3.84. The highest BCUT2D eigenvalue weighted by Gasteiger charge is 2.10. The first-order valence-corrected chi connectivity index (χ1v) is 5.77. The normalized spacial score (nSPS) is 10.3. The van der Waals surface area contributed by atoms with E-state index >= 15 is 0 Å². The van der Waals surface area contributed by atoms with E-state index in [2.05, 4.69) is 10.3 Å². The van der Waals surface area contributed by atoms with E-state index in [1.54, 1.807) is 30.5 Å². The number of nitrogens with two attached hydrogens (primary N) is 1. The maximum Gasteiger partial charge on any atom is 0.253 e. The number of benzene rings is 1. The predicted octanol–water partition coefficient (Wildman–Crippen LogP) is 1.75. The monoisotopic (exact) mass is 245 g/mol. The number of aromatic nitrogens is 1. The molecule has 0 aliphatic rings. The summed E-state index contributed by atoms with van der Waals surface area (Å²) in [7, 11) is 0. The molecule has 1 aromatic heterocycles. The minimum Gasteiger partial charge on any atom is -0.444 e. The number of hydrogen-bond donors (Lipinski definition) is 2. The molecule has 1 aromatic carbocycles. The van der Waals surface area contributed by atoms with E-state index in [0.717, 1.165) is 12.2 Å². The third-order valence-corrected chi connectivity index (χ3v) is 2.56. The number of nitrogen functional groups attached to an aromatic ring is 1. The topological polar surface area (TPSA) is 81.2 Å². The van der Waals surface area contributed by atoms with Crippen molar-refractivity contribution in [1.82, 2.24) is 10.3 Å². The lowest BCUT2D eigenvalue weighted by atomic mass is 10.2. The van der Waals surface area contributed by atoms with Gasteiger partial charge in [0.1, 0.15) is 5.76 Å². The molecule has 5 heteroatoms. The fraction of sp³-hybridized carbons (Fsp3) is 0.231. The molecule has 2 rings (SSSR count). The maximum atomic E-state index is 11.9. The molecule has 1 heterocycles. The lowest BCUT2D eigenvalue weighted by Crippen LogP contribution is -2.23. The van der Waals surface area contributed by atoms with Gasteiger partial charge in [-0.15, -0.1) is 0 Å². The Labute approximate surface area is 105 Å². The van der Waals surface area contributed by atoms with E-state index in [1.807, 2.05) is 6.92 Å². The fourth-order valence-electron chi connectivity index (χ4n) is 1.55. The van der Waals surface area contributed by atoms with E-state index < -0.39 is 0 Å². The summed E-state index contributed by atoms with van der Waals surface area (Å²) in [4.78, 5) is 15.9. The SMILES string of the molecule is CCc1cnc(CNC(=O)c2ccccc2N)o1. The van der Waals surface area contributed by atoms with Crippen LogP contribution in [0.3, 0.4) is 0 Å². The number of nitrogens with zero attached hydrogens (tertiary/aromatic N) is 1. The minimum atomic E-state index is -0.232. The van der Waals surface area contributed by atoms with Gasteiger partial charge in [-0.3, -0.25) is 4.79 Å². The largest absolute Gasteiger partial charge is 0.444 e. The third kappa shape index (κ3) is 2.68. The molecule has 5 nitrogen and oxygen atoms in total. The molecular formula is C13H15N3O2. The molecule has 3 N–H and O–H groups in total. The van der Waals surface area contributed by atoms with Gasteiger partial charge in [-0.25, -0.2) is 4.98 Å². The first kappa shape index (κ1) is 12.2. The number of rotatable bonds is 4. The fourth-order valence-corrected chi connectivity index (χ4v) is 1.55. The van der Waals surface area contributed by atoms with Crippen LogP contribution >= 0.6 is 0 Å². The zero-order valence-corrected chi connectivity index (χ0v) is 10.1. The summed E-state index contributed by atoms with van der Waals surface area (Å²) in [5.74, 6) is 1.07. The summed E-state index contributed by atoms with van der Waals surface area (Å²) in [6, 6.07) is 6.92. The summed E-state index contributed by atoms with van der Waals surface area (Å²) in [5, 5.41) is 2.72. The van der Waals surface area contributed by atoms with E-state index in [9.17, 15) is 4.79 Å². The van der Waals surface area contributed by atoms with Crippen LogP contribution < -0.4 is 11.1 Å². The highest BCUT2D eigenvalue weighted by Crippen LogP contribution is 2.10. The number of carbonyl (C=O) groups is 1. The molecule has 0 saturated heterocycles. The summed E-state index contributed by atoms with van der Waals surface area (Å²) >= 11 is 0. The van der Waals surface area contributed by atoms with Crippen LogP contribution in [0, 0.1) is 0 Å². The van der Waals surface area contributed by atoms with E-state index in [-0.39, 0.29) is 12.5 Å². The molecule has 0 unspecified atom stereocenters. The van der Waals surface area contributed by atoms with Gasteiger partial charge in [0.2, 0.25) is 5.89 Å². The molecule has 1 amide bonds. The number of para-hydroxylation sites is 1. The zero-order valence-electron chi connectivity index (χ0n) is 10.1. The number of aryl methyl sites for hydroxylation is 1. The highest BCUT2D eigenvalue weighted by atomic mass is 16.4. The average molecular weight is 245 g/mol. The Balaban J connectivity index is 1.98. The Bertz CT molecular complexity index is 549. The number of amides is 1. The van der Waals surface area contributed by atoms with Crippen LogP contribution in [0.25, 0.3) is 0 Å². The number of anilines is 1. The molecule has 0 spiro atoms. The van der Waals surface area contributed by atoms with Gasteiger partial charge < -0.3 is 15.5 Å². The van der Waals surface area contributed by atoms with Crippen molar-refractivity contribution in [2.45, 2.75) is 19.9 Å². The van der Waals surface area contributed by atoms with Crippen molar-refractivity contribution in [3.05, 3.63) is 47.7 Å². The van der Waals surface area contributed by atoms with Crippen molar-refractivity contribution in [3.8, 4) is 0 Å². The van der Waals surface area contributed by atoms with Crippen molar-refractivity contribution in [2.75, 3.05) is 5.73 Å². The van der Waals surface area contributed by atoms with Crippen LogP contribution in [0.1, 0.15) is 28.9 Å². The number of oxazole rings is 1. The van der Waals surface area contributed by atoms with Crippen molar-refractivity contribution < 1.29 is 9.21 Å². The van der Waals surface area contributed by atoms with Crippen molar-refractivity contribution in [3.63, 3.8) is 0 Å². The quantitative estimate of drug-likeness (QED) is 0.804. The van der Waals surface area contributed by atoms with Crippen molar-refractivity contribution >= 4 is 11.6 Å². The van der Waals surface area contributed by atoms with Gasteiger partial charge in [-0.2, -0.15) is 0 Å². The second-order valence-corrected chi connectivity index (χ2v) is 3.84. The smallest absolute Gasteiger partial charge is 0.253 e. The predicted molar refractivity (Wildman–Crippen MR) is 67.9 cm³/mol. The summed E-state index contributed by atoms with van der Waals surface area (Å²) in [6.07, 6.45) is 2.45. The van der Waals surface area contributed by atoms with Gasteiger partial charge in [0.25, 0.3) is 5.91 Å². The van der Waals surface area contributed by atoms with Crippen LogP contribution in [-0.4, -0.2) is 10.9 Å². The van der Waals surface area contributed by atoms with Crippen LogP contribution in [0.4, 0.5) is 5.69 Å². The molecule has 0 bridgehead atoms. The van der Waals surface area contributed by atoms with Crippen LogP contribution in [0.2, 0.25) is 0 Å². The Morgan fingerprint density at radius 3 is 2.89 bits per heavy atom. The molecule has 94 valence electrons. The van der Waals surface area contributed by atoms with Crippen LogP contribution in [0.15, 0.2) is 34.9 Å². The second kappa shape index (κ2) is 5.35. The molecule has 0 aliphatic carbocycles. The molecule has 0 aliphatic heterocycles. The minimum absolute atomic E-state index is 0.232. The Kier molecular flexibility index (Phi) is 3.62. The maximum absolute atomic E-state index is 11.9. The molecule has 0 radical (unpaired) electrons. The van der Waals surface area contributed by atoms with Gasteiger partial charge in [-0.1, -0.05) is 19.1 Å². The summed E-state index contributed by atoms with van der Waals surface area (Å²) in [6.45, 7) is 2.24. The Morgan fingerprint density at radius 1 is 1.44 bits per heavy atom. The van der Waals surface area contributed by atoms with E-state index in [1.165, 1.54) is 0 Å². The molecule has 2 aromatic rings. The van der Waals surface area contributed by atoms with Crippen LogP contribution in [0.5, 0.6) is 0 Å². The highest BCUT2D eigenvalue weighted by molar-refractivity contribution is 5.98. The van der Waals surface area contributed by atoms with E-state index in [4.69, 9.17) is 10.2 Å². The third-order valence-electron chi connectivity index (χ3n) is 2.56. The Morgan fingerprint density at radius 2 is 2.22 bits per heavy atom. The van der Waals surface area contributed by atoms with Gasteiger partial charge in [0.15, 0.2) is 0 Å². The molecule has 0 atom stereocenters. The first-order chi connectivity index (χ1) is 8.70. The Hall–Kier alpha value is -2.30. The van der Waals surface area contributed by atoms with Crippen LogP contribution in [-0.2, 0) is 13.0 Å². The molecule has 0 saturated carbocycles. The lowest BCUT2D eigenvalue weighted by molar-refractivity contribution is 0.0948. The zero-order chi connectivity index (χ0) is 13.0.